The molecule has 6 heteroatoms. The molecule has 0 aliphatic heterocycles. The lowest BCUT2D eigenvalue weighted by Crippen LogP contribution is -2.45. The Morgan fingerprint density at radius 1 is 1.15 bits per heavy atom. The van der Waals surface area contributed by atoms with Crippen LogP contribution in [0.3, 0.4) is 0 Å². The highest BCUT2D eigenvalue weighted by Crippen LogP contribution is 2.35. The predicted octanol–water partition coefficient (Wildman–Crippen LogP) is 3.35. The lowest BCUT2D eigenvalue weighted by molar-refractivity contribution is -0.125. The van der Waals surface area contributed by atoms with Gasteiger partial charge < -0.3 is 20.3 Å². The van der Waals surface area contributed by atoms with Gasteiger partial charge >= 0.3 is 5.97 Å². The van der Waals surface area contributed by atoms with Gasteiger partial charge in [0.1, 0.15) is 17.1 Å². The highest BCUT2D eigenvalue weighted by molar-refractivity contribution is 6.04. The van der Waals surface area contributed by atoms with Gasteiger partial charge in [0.25, 0.3) is 5.91 Å². The van der Waals surface area contributed by atoms with Crippen LogP contribution in [0.1, 0.15) is 43.5 Å². The molecule has 1 aliphatic rings. The topological polar surface area (TPSA) is 95.9 Å². The minimum atomic E-state index is -0.853. The molecule has 6 nitrogen and oxygen atoms in total. The van der Waals surface area contributed by atoms with Crippen LogP contribution in [-0.2, 0) is 9.53 Å². The summed E-state index contributed by atoms with van der Waals surface area (Å²) in [5, 5.41) is 24.1. The van der Waals surface area contributed by atoms with E-state index in [1.807, 2.05) is 0 Å². The highest BCUT2D eigenvalue weighted by Gasteiger charge is 2.28. The molecule has 0 saturated heterocycles. The van der Waals surface area contributed by atoms with Gasteiger partial charge in [0, 0.05) is 16.8 Å². The van der Waals surface area contributed by atoms with Crippen molar-refractivity contribution in [3.63, 3.8) is 0 Å². The maximum absolute atomic E-state index is 12.3. The molecule has 3 rings (SSSR count). The van der Waals surface area contributed by atoms with E-state index in [1.54, 1.807) is 24.3 Å². The molecular weight excluding hydrogens is 346 g/mol. The Kier molecular flexibility index (Phi) is 5.54. The van der Waals surface area contributed by atoms with Crippen LogP contribution in [0.5, 0.6) is 11.5 Å². The summed E-state index contributed by atoms with van der Waals surface area (Å²) in [5.74, 6) is -0.704. The molecule has 144 valence electrons. The summed E-state index contributed by atoms with van der Waals surface area (Å²) in [7, 11) is 0. The summed E-state index contributed by atoms with van der Waals surface area (Å²) in [6.07, 6.45) is 3.15. The van der Waals surface area contributed by atoms with E-state index in [2.05, 4.69) is 19.2 Å². The normalized spacial score (nSPS) is 22.4. The summed E-state index contributed by atoms with van der Waals surface area (Å²) in [5.41, 5.74) is -0.168. The van der Waals surface area contributed by atoms with Gasteiger partial charge in [-0.25, -0.2) is 4.79 Å². The van der Waals surface area contributed by atoms with E-state index in [9.17, 15) is 19.8 Å². The second-order valence-corrected chi connectivity index (χ2v) is 7.35. The second-order valence-electron chi connectivity index (χ2n) is 7.35. The first-order valence-electron chi connectivity index (χ1n) is 9.28. The SMILES string of the molecule is C[C@@H]1[C@H](C)CCC[C@@H]1NC(=O)COC(=O)c1cc(O)c2ccccc2c1O. The Morgan fingerprint density at radius 2 is 1.85 bits per heavy atom. The third-order valence-corrected chi connectivity index (χ3v) is 5.60. The standard InChI is InChI=1S/C21H25NO5/c1-12-6-5-9-17(13(12)2)22-19(24)11-27-21(26)16-10-18(23)14-7-3-4-8-15(14)20(16)25/h3-4,7-8,10,12-13,17,23,25H,5-6,9,11H2,1-2H3,(H,22,24)/t12-,13-,17+/m1/s1. The molecule has 3 N–H and O–H groups in total. The Balaban J connectivity index is 1.65. The number of amides is 1. The number of rotatable bonds is 4. The van der Waals surface area contributed by atoms with Gasteiger partial charge in [0.05, 0.1) is 0 Å². The third-order valence-electron chi connectivity index (χ3n) is 5.60. The summed E-state index contributed by atoms with van der Waals surface area (Å²) >= 11 is 0. The molecule has 2 aromatic carbocycles. The van der Waals surface area contributed by atoms with E-state index < -0.39 is 12.6 Å². The van der Waals surface area contributed by atoms with E-state index in [0.717, 1.165) is 25.3 Å². The van der Waals surface area contributed by atoms with Crippen LogP contribution in [-0.4, -0.2) is 34.7 Å². The fraction of sp³-hybridized carbons (Fsp3) is 0.429. The molecule has 1 saturated carbocycles. The van der Waals surface area contributed by atoms with Crippen LogP contribution in [0.4, 0.5) is 0 Å². The molecule has 0 bridgehead atoms. The summed E-state index contributed by atoms with van der Waals surface area (Å²) in [4.78, 5) is 24.5. The first-order valence-corrected chi connectivity index (χ1v) is 9.28. The number of carbonyl (C=O) groups excluding carboxylic acids is 2. The van der Waals surface area contributed by atoms with E-state index in [1.165, 1.54) is 0 Å². The van der Waals surface area contributed by atoms with Crippen molar-refractivity contribution in [1.29, 1.82) is 0 Å². The van der Waals surface area contributed by atoms with Crippen molar-refractivity contribution < 1.29 is 24.5 Å². The van der Waals surface area contributed by atoms with Crippen molar-refractivity contribution in [1.82, 2.24) is 5.32 Å². The Morgan fingerprint density at radius 3 is 2.59 bits per heavy atom. The molecule has 0 aromatic heterocycles. The van der Waals surface area contributed by atoms with Crippen LogP contribution >= 0.6 is 0 Å². The van der Waals surface area contributed by atoms with Gasteiger partial charge in [0.2, 0.25) is 0 Å². The predicted molar refractivity (Wildman–Crippen MR) is 102 cm³/mol. The van der Waals surface area contributed by atoms with E-state index in [4.69, 9.17) is 4.74 Å². The number of hydrogen-bond acceptors (Lipinski definition) is 5. The number of nitrogens with one attached hydrogen (secondary N) is 1. The lowest BCUT2D eigenvalue weighted by atomic mass is 9.78. The Bertz CT molecular complexity index is 863. The number of carbonyl (C=O) groups is 2. The van der Waals surface area contributed by atoms with Crippen molar-refractivity contribution in [3.05, 3.63) is 35.9 Å². The van der Waals surface area contributed by atoms with Gasteiger partial charge in [-0.1, -0.05) is 51.0 Å². The van der Waals surface area contributed by atoms with Gasteiger partial charge in [-0.05, 0) is 24.3 Å². The number of aromatic hydroxyl groups is 2. The van der Waals surface area contributed by atoms with Crippen molar-refractivity contribution >= 4 is 22.6 Å². The molecule has 2 aromatic rings. The molecule has 3 atom stereocenters. The monoisotopic (exact) mass is 371 g/mol. The summed E-state index contributed by atoms with van der Waals surface area (Å²) in [6, 6.07) is 7.88. The largest absolute Gasteiger partial charge is 0.507 e. The Hall–Kier alpha value is -2.76. The molecule has 0 radical (unpaired) electrons. The average molecular weight is 371 g/mol. The summed E-state index contributed by atoms with van der Waals surface area (Å²) in [6.45, 7) is 3.87. The van der Waals surface area contributed by atoms with Crippen LogP contribution in [0, 0.1) is 11.8 Å². The van der Waals surface area contributed by atoms with Crippen molar-refractivity contribution in [2.45, 2.75) is 39.2 Å². The number of benzene rings is 2. The zero-order valence-corrected chi connectivity index (χ0v) is 15.6. The minimum absolute atomic E-state index is 0.0815. The molecule has 0 unspecified atom stereocenters. The van der Waals surface area contributed by atoms with Gasteiger partial charge in [-0.15, -0.1) is 0 Å². The molecule has 1 amide bonds. The number of phenols is 2. The fourth-order valence-electron chi connectivity index (χ4n) is 3.74. The van der Waals surface area contributed by atoms with Crippen LogP contribution in [0.15, 0.2) is 30.3 Å². The van der Waals surface area contributed by atoms with Gasteiger partial charge in [-0.3, -0.25) is 4.79 Å². The molecular formula is C21H25NO5. The molecule has 1 fully saturated rings. The van der Waals surface area contributed by atoms with Crippen molar-refractivity contribution in [2.24, 2.45) is 11.8 Å². The van der Waals surface area contributed by atoms with Crippen LogP contribution < -0.4 is 5.32 Å². The van der Waals surface area contributed by atoms with Crippen molar-refractivity contribution in [2.75, 3.05) is 6.61 Å². The van der Waals surface area contributed by atoms with E-state index >= 15 is 0 Å². The number of fused-ring (bicyclic) bond motifs is 1. The fourth-order valence-corrected chi connectivity index (χ4v) is 3.74. The van der Waals surface area contributed by atoms with Gasteiger partial charge in [-0.2, -0.15) is 0 Å². The minimum Gasteiger partial charge on any atom is -0.507 e. The quantitative estimate of drug-likeness (QED) is 0.566. The maximum atomic E-state index is 12.3. The summed E-state index contributed by atoms with van der Waals surface area (Å²) < 4.78 is 5.06. The van der Waals surface area contributed by atoms with E-state index in [-0.39, 0.29) is 29.0 Å². The molecule has 1 aliphatic carbocycles. The highest BCUT2D eigenvalue weighted by atomic mass is 16.5. The zero-order chi connectivity index (χ0) is 19.6. The van der Waals surface area contributed by atoms with E-state index in [0.29, 0.717) is 22.6 Å². The zero-order valence-electron chi connectivity index (χ0n) is 15.6. The van der Waals surface area contributed by atoms with Crippen LogP contribution in [0.25, 0.3) is 10.8 Å². The molecule has 27 heavy (non-hydrogen) atoms. The Labute approximate surface area is 158 Å². The smallest absolute Gasteiger partial charge is 0.342 e. The number of hydrogen-bond donors (Lipinski definition) is 3. The molecule has 0 heterocycles. The lowest BCUT2D eigenvalue weighted by Gasteiger charge is -2.34. The number of esters is 1. The third kappa shape index (κ3) is 3.99. The average Bonchev–Trinajstić information content (AvgIpc) is 2.66. The van der Waals surface area contributed by atoms with Gasteiger partial charge in [0.15, 0.2) is 6.61 Å². The molecule has 0 spiro atoms. The second kappa shape index (κ2) is 7.86. The first kappa shape index (κ1) is 19.0. The first-order chi connectivity index (χ1) is 12.9. The van der Waals surface area contributed by atoms with Crippen molar-refractivity contribution in [3.8, 4) is 11.5 Å². The van der Waals surface area contributed by atoms with Crippen LogP contribution in [0.2, 0.25) is 0 Å². The number of phenolic OH excluding ortho intramolecular Hbond substituents is 2. The number of ether oxygens (including phenoxy) is 1. The maximum Gasteiger partial charge on any atom is 0.342 e.